The zero-order chi connectivity index (χ0) is 8.91. The van der Waals surface area contributed by atoms with Gasteiger partial charge in [-0.25, -0.2) is 4.72 Å². The Morgan fingerprint density at radius 2 is 2.09 bits per heavy atom. The van der Waals surface area contributed by atoms with Crippen LogP contribution in [-0.2, 0) is 10.2 Å². The number of hydrogen-bond acceptors (Lipinski definition) is 3. The fraction of sp³-hybridized carbons (Fsp3) is 1.00. The molecular formula is C5H14N2O3S. The second-order valence-corrected chi connectivity index (χ2v) is 3.73. The summed E-state index contributed by atoms with van der Waals surface area (Å²) in [7, 11) is -3.40. The van der Waals surface area contributed by atoms with Gasteiger partial charge in [0, 0.05) is 12.6 Å². The Hall–Kier alpha value is -0.170. The van der Waals surface area contributed by atoms with Crippen molar-refractivity contribution in [3.63, 3.8) is 0 Å². The molecule has 0 saturated carbocycles. The highest BCUT2D eigenvalue weighted by atomic mass is 32.2. The Morgan fingerprint density at radius 1 is 1.55 bits per heavy atom. The molecule has 0 aliphatic rings. The minimum atomic E-state index is -3.40. The van der Waals surface area contributed by atoms with Gasteiger partial charge in [0.1, 0.15) is 0 Å². The molecule has 0 aliphatic heterocycles. The molecule has 0 saturated heterocycles. The van der Waals surface area contributed by atoms with E-state index in [1.165, 1.54) is 0 Å². The molecule has 0 bridgehead atoms. The lowest BCUT2D eigenvalue weighted by Crippen LogP contribution is -2.42. The zero-order valence-electron chi connectivity index (χ0n) is 6.66. The number of nitrogens with one attached hydrogen (secondary N) is 2. The van der Waals surface area contributed by atoms with Crippen molar-refractivity contribution >= 4 is 10.2 Å². The maximum absolute atomic E-state index is 10.9. The van der Waals surface area contributed by atoms with E-state index in [0.717, 1.165) is 0 Å². The van der Waals surface area contributed by atoms with Gasteiger partial charge in [0.15, 0.2) is 0 Å². The molecular weight excluding hydrogens is 168 g/mol. The van der Waals surface area contributed by atoms with Crippen LogP contribution in [0, 0.1) is 0 Å². The number of hydrogen-bond donors (Lipinski definition) is 3. The smallest absolute Gasteiger partial charge is 0.277 e. The van der Waals surface area contributed by atoms with E-state index in [4.69, 9.17) is 5.11 Å². The standard InChI is InChI=1S/C5H14N2O3S/c1-3-6-11(9,10)7-5(2)4-8/h5-8H,3-4H2,1-2H3/t5-/m1/s1. The summed E-state index contributed by atoms with van der Waals surface area (Å²) in [6, 6.07) is -0.445. The second kappa shape index (κ2) is 4.66. The topological polar surface area (TPSA) is 78.4 Å². The third kappa shape index (κ3) is 5.14. The van der Waals surface area contributed by atoms with Gasteiger partial charge in [-0.05, 0) is 6.92 Å². The normalized spacial score (nSPS) is 14.8. The van der Waals surface area contributed by atoms with Gasteiger partial charge in [-0.1, -0.05) is 6.92 Å². The Labute approximate surface area is 67.0 Å². The second-order valence-electron chi connectivity index (χ2n) is 2.20. The first-order chi connectivity index (χ1) is 5.02. The van der Waals surface area contributed by atoms with Crippen LogP contribution in [0.5, 0.6) is 0 Å². The summed E-state index contributed by atoms with van der Waals surface area (Å²) >= 11 is 0. The van der Waals surface area contributed by atoms with Crippen LogP contribution < -0.4 is 9.44 Å². The van der Waals surface area contributed by atoms with Gasteiger partial charge in [-0.2, -0.15) is 13.1 Å². The molecule has 11 heavy (non-hydrogen) atoms. The molecule has 0 heterocycles. The molecule has 5 nitrogen and oxygen atoms in total. The van der Waals surface area contributed by atoms with Crippen molar-refractivity contribution in [3.8, 4) is 0 Å². The van der Waals surface area contributed by atoms with Gasteiger partial charge in [0.25, 0.3) is 10.2 Å². The van der Waals surface area contributed by atoms with Gasteiger partial charge in [-0.15, -0.1) is 0 Å². The van der Waals surface area contributed by atoms with E-state index in [-0.39, 0.29) is 6.61 Å². The molecule has 0 aliphatic carbocycles. The van der Waals surface area contributed by atoms with Gasteiger partial charge in [0.2, 0.25) is 0 Å². The van der Waals surface area contributed by atoms with Gasteiger partial charge < -0.3 is 5.11 Å². The predicted octanol–water partition coefficient (Wildman–Crippen LogP) is -1.19. The summed E-state index contributed by atoms with van der Waals surface area (Å²) in [4.78, 5) is 0. The van der Waals surface area contributed by atoms with Crippen molar-refractivity contribution in [2.24, 2.45) is 0 Å². The molecule has 6 heteroatoms. The van der Waals surface area contributed by atoms with E-state index < -0.39 is 16.3 Å². The molecule has 0 aromatic carbocycles. The molecule has 0 unspecified atom stereocenters. The quantitative estimate of drug-likeness (QED) is 0.500. The van der Waals surface area contributed by atoms with Crippen molar-refractivity contribution in [1.29, 1.82) is 0 Å². The lowest BCUT2D eigenvalue weighted by atomic mass is 10.4. The first-order valence-corrected chi connectivity index (χ1v) is 4.88. The average molecular weight is 182 g/mol. The Kier molecular flexibility index (Phi) is 4.58. The molecule has 0 amide bonds. The zero-order valence-corrected chi connectivity index (χ0v) is 7.48. The van der Waals surface area contributed by atoms with Crippen LogP contribution in [0.4, 0.5) is 0 Å². The van der Waals surface area contributed by atoms with Crippen molar-refractivity contribution in [2.45, 2.75) is 19.9 Å². The summed E-state index contributed by atoms with van der Waals surface area (Å²) in [6.07, 6.45) is 0. The van der Waals surface area contributed by atoms with Crippen molar-refractivity contribution in [2.75, 3.05) is 13.2 Å². The molecule has 0 rings (SSSR count). The van der Waals surface area contributed by atoms with Gasteiger partial charge in [-0.3, -0.25) is 0 Å². The average Bonchev–Trinajstić information content (AvgIpc) is 1.86. The molecule has 0 spiro atoms. The molecule has 1 atom stereocenters. The fourth-order valence-corrected chi connectivity index (χ4v) is 1.60. The first kappa shape index (κ1) is 10.8. The highest BCUT2D eigenvalue weighted by Gasteiger charge is 2.10. The summed E-state index contributed by atoms with van der Waals surface area (Å²) in [5.74, 6) is 0. The maximum atomic E-state index is 10.9. The lowest BCUT2D eigenvalue weighted by Gasteiger charge is -2.10. The lowest BCUT2D eigenvalue weighted by molar-refractivity contribution is 0.265. The Bertz CT molecular complexity index is 190. The van der Waals surface area contributed by atoms with E-state index in [1.54, 1.807) is 13.8 Å². The minimum absolute atomic E-state index is 0.204. The van der Waals surface area contributed by atoms with Crippen molar-refractivity contribution in [3.05, 3.63) is 0 Å². The third-order valence-corrected chi connectivity index (χ3v) is 2.35. The fourth-order valence-electron chi connectivity index (χ4n) is 0.534. The van der Waals surface area contributed by atoms with Crippen LogP contribution in [0.25, 0.3) is 0 Å². The van der Waals surface area contributed by atoms with Crippen LogP contribution >= 0.6 is 0 Å². The van der Waals surface area contributed by atoms with Crippen LogP contribution in [0.2, 0.25) is 0 Å². The minimum Gasteiger partial charge on any atom is -0.395 e. The van der Waals surface area contributed by atoms with E-state index in [9.17, 15) is 8.42 Å². The van der Waals surface area contributed by atoms with Gasteiger partial charge >= 0.3 is 0 Å². The number of rotatable bonds is 5. The summed E-state index contributed by atoms with van der Waals surface area (Å²) in [5, 5.41) is 8.51. The van der Waals surface area contributed by atoms with Crippen LogP contribution in [0.1, 0.15) is 13.8 Å². The molecule has 0 aromatic rings. The van der Waals surface area contributed by atoms with E-state index in [2.05, 4.69) is 9.44 Å². The van der Waals surface area contributed by atoms with Crippen molar-refractivity contribution in [1.82, 2.24) is 9.44 Å². The third-order valence-electron chi connectivity index (χ3n) is 0.965. The van der Waals surface area contributed by atoms with Crippen LogP contribution in [0.15, 0.2) is 0 Å². The van der Waals surface area contributed by atoms with Crippen LogP contribution in [0.3, 0.4) is 0 Å². The predicted molar refractivity (Wildman–Crippen MR) is 42.3 cm³/mol. The highest BCUT2D eigenvalue weighted by molar-refractivity contribution is 7.87. The highest BCUT2D eigenvalue weighted by Crippen LogP contribution is 1.82. The Balaban J connectivity index is 3.92. The number of aliphatic hydroxyl groups excluding tert-OH is 1. The Morgan fingerprint density at radius 3 is 2.45 bits per heavy atom. The first-order valence-electron chi connectivity index (χ1n) is 3.39. The van der Waals surface area contributed by atoms with Gasteiger partial charge in [0.05, 0.1) is 6.61 Å². The molecule has 3 N–H and O–H groups in total. The van der Waals surface area contributed by atoms with Crippen molar-refractivity contribution < 1.29 is 13.5 Å². The van der Waals surface area contributed by atoms with E-state index >= 15 is 0 Å². The monoisotopic (exact) mass is 182 g/mol. The molecule has 0 fully saturated rings. The summed E-state index contributed by atoms with van der Waals surface area (Å²) in [5.41, 5.74) is 0. The van der Waals surface area contributed by atoms with E-state index in [0.29, 0.717) is 6.54 Å². The molecule has 68 valence electrons. The maximum Gasteiger partial charge on any atom is 0.277 e. The van der Waals surface area contributed by atoms with Crippen LogP contribution in [-0.4, -0.2) is 32.7 Å². The largest absolute Gasteiger partial charge is 0.395 e. The van der Waals surface area contributed by atoms with E-state index in [1.807, 2.05) is 0 Å². The SMILES string of the molecule is CCNS(=O)(=O)N[C@H](C)CO. The summed E-state index contributed by atoms with van der Waals surface area (Å²) < 4.78 is 26.2. The summed E-state index contributed by atoms with van der Waals surface area (Å²) in [6.45, 7) is 3.40. The molecule has 0 aromatic heterocycles. The number of aliphatic hydroxyl groups is 1. The molecule has 0 radical (unpaired) electrons.